The Balaban J connectivity index is 2.33. The molecule has 1 fully saturated rings. The van der Waals surface area contributed by atoms with Gasteiger partial charge in [0.15, 0.2) is 0 Å². The molecule has 1 aliphatic rings. The summed E-state index contributed by atoms with van der Waals surface area (Å²) in [7, 11) is 4.02. The highest BCUT2D eigenvalue weighted by atomic mass is 16.2. The number of likely N-dealkylation sites (N-methyl/N-ethyl adjacent to an activating group) is 1. The van der Waals surface area contributed by atoms with Gasteiger partial charge in [-0.3, -0.25) is 9.69 Å². The summed E-state index contributed by atoms with van der Waals surface area (Å²) in [5.41, 5.74) is -0.316. The molecule has 0 aromatic carbocycles. The first-order chi connectivity index (χ1) is 8.42. The lowest BCUT2D eigenvalue weighted by Gasteiger charge is -2.34. The Morgan fingerprint density at radius 2 is 1.94 bits per heavy atom. The van der Waals surface area contributed by atoms with Crippen molar-refractivity contribution < 1.29 is 4.79 Å². The summed E-state index contributed by atoms with van der Waals surface area (Å²) >= 11 is 0. The zero-order valence-electron chi connectivity index (χ0n) is 12.3. The summed E-state index contributed by atoms with van der Waals surface area (Å²) in [4.78, 5) is 16.6. The average molecular weight is 256 g/mol. The number of hydrogen-bond acceptors (Lipinski definition) is 4. The number of nitrogens with one attached hydrogen (secondary N) is 2. The number of nitrogens with zero attached hydrogens (tertiary/aromatic N) is 2. The quantitative estimate of drug-likeness (QED) is 0.679. The first-order valence-corrected chi connectivity index (χ1v) is 6.78. The maximum Gasteiger partial charge on any atom is 0.226 e. The molecule has 2 N–H and O–H groups in total. The third kappa shape index (κ3) is 5.33. The van der Waals surface area contributed by atoms with E-state index < -0.39 is 0 Å². The molecule has 0 spiro atoms. The largest absolute Gasteiger partial charge is 0.354 e. The van der Waals surface area contributed by atoms with Crippen molar-refractivity contribution in [2.24, 2.45) is 5.41 Å². The van der Waals surface area contributed by atoms with E-state index in [-0.39, 0.29) is 11.3 Å². The maximum absolute atomic E-state index is 12.1. The molecule has 1 amide bonds. The van der Waals surface area contributed by atoms with Gasteiger partial charge >= 0.3 is 0 Å². The van der Waals surface area contributed by atoms with Crippen LogP contribution < -0.4 is 10.6 Å². The Kier molecular flexibility index (Phi) is 6.05. The van der Waals surface area contributed by atoms with Gasteiger partial charge in [-0.15, -0.1) is 0 Å². The fraction of sp³-hybridized carbons (Fsp3) is 0.923. The second-order valence-electron chi connectivity index (χ2n) is 5.97. The van der Waals surface area contributed by atoms with E-state index in [1.165, 1.54) is 0 Å². The van der Waals surface area contributed by atoms with Crippen LogP contribution in [0.3, 0.4) is 0 Å². The monoisotopic (exact) mass is 256 g/mol. The summed E-state index contributed by atoms with van der Waals surface area (Å²) in [6.07, 6.45) is 0. The molecule has 0 radical (unpaired) electrons. The molecule has 0 aromatic heterocycles. The van der Waals surface area contributed by atoms with Crippen LogP contribution in [0.2, 0.25) is 0 Å². The van der Waals surface area contributed by atoms with E-state index in [1.807, 2.05) is 27.9 Å². The Labute approximate surface area is 111 Å². The fourth-order valence-electron chi connectivity index (χ4n) is 2.13. The third-order valence-electron chi connectivity index (χ3n) is 3.29. The van der Waals surface area contributed by atoms with E-state index in [0.717, 1.165) is 45.8 Å². The van der Waals surface area contributed by atoms with Crippen LogP contribution in [0.25, 0.3) is 0 Å². The molecule has 0 unspecified atom stereocenters. The number of piperazine rings is 1. The van der Waals surface area contributed by atoms with Crippen LogP contribution in [0, 0.1) is 5.41 Å². The highest BCUT2D eigenvalue weighted by molar-refractivity contribution is 5.82. The van der Waals surface area contributed by atoms with Gasteiger partial charge in [0.1, 0.15) is 0 Å². The van der Waals surface area contributed by atoms with E-state index in [9.17, 15) is 4.79 Å². The number of hydrogen-bond donors (Lipinski definition) is 2. The van der Waals surface area contributed by atoms with Crippen LogP contribution in [0.4, 0.5) is 0 Å². The van der Waals surface area contributed by atoms with Gasteiger partial charge in [-0.25, -0.2) is 0 Å². The molecule has 0 aliphatic carbocycles. The van der Waals surface area contributed by atoms with Crippen molar-refractivity contribution in [3.8, 4) is 0 Å². The summed E-state index contributed by atoms with van der Waals surface area (Å²) < 4.78 is 0. The van der Waals surface area contributed by atoms with Gasteiger partial charge in [0, 0.05) is 45.8 Å². The second-order valence-corrected chi connectivity index (χ2v) is 5.97. The molecule has 0 saturated carbocycles. The summed E-state index contributed by atoms with van der Waals surface area (Å²) in [6.45, 7) is 10.6. The molecule has 1 saturated heterocycles. The predicted molar refractivity (Wildman–Crippen MR) is 74.7 cm³/mol. The molecular formula is C13H28N4O. The molecule has 106 valence electrons. The van der Waals surface area contributed by atoms with Gasteiger partial charge in [-0.1, -0.05) is 0 Å². The highest BCUT2D eigenvalue weighted by Crippen LogP contribution is 2.17. The van der Waals surface area contributed by atoms with E-state index in [0.29, 0.717) is 0 Å². The van der Waals surface area contributed by atoms with Crippen LogP contribution in [-0.4, -0.2) is 75.6 Å². The van der Waals surface area contributed by atoms with Crippen molar-refractivity contribution >= 4 is 5.91 Å². The topological polar surface area (TPSA) is 47.6 Å². The smallest absolute Gasteiger partial charge is 0.226 e. The number of carbonyl (C=O) groups is 1. The SMILES string of the molecule is CN(C)CCNC(=O)C(C)(C)CN1CCNCC1. The zero-order valence-corrected chi connectivity index (χ0v) is 12.3. The molecule has 1 aliphatic heterocycles. The summed E-state index contributed by atoms with van der Waals surface area (Å²) in [6, 6.07) is 0. The Morgan fingerprint density at radius 3 is 2.50 bits per heavy atom. The molecular weight excluding hydrogens is 228 g/mol. The molecule has 5 heteroatoms. The summed E-state index contributed by atoms with van der Waals surface area (Å²) in [5.74, 6) is 0.155. The van der Waals surface area contributed by atoms with E-state index in [2.05, 4.69) is 20.4 Å². The van der Waals surface area contributed by atoms with Crippen LogP contribution in [0.1, 0.15) is 13.8 Å². The Bertz CT molecular complexity index is 260. The van der Waals surface area contributed by atoms with E-state index >= 15 is 0 Å². The number of carbonyl (C=O) groups excluding carboxylic acids is 1. The molecule has 0 atom stereocenters. The molecule has 18 heavy (non-hydrogen) atoms. The molecule has 0 aromatic rings. The third-order valence-corrected chi connectivity index (χ3v) is 3.29. The lowest BCUT2D eigenvalue weighted by molar-refractivity contribution is -0.130. The highest BCUT2D eigenvalue weighted by Gasteiger charge is 2.30. The molecule has 5 nitrogen and oxygen atoms in total. The average Bonchev–Trinajstić information content (AvgIpc) is 2.29. The van der Waals surface area contributed by atoms with Crippen molar-refractivity contribution in [2.75, 3.05) is 59.9 Å². The van der Waals surface area contributed by atoms with E-state index in [4.69, 9.17) is 0 Å². The van der Waals surface area contributed by atoms with Crippen molar-refractivity contribution in [2.45, 2.75) is 13.8 Å². The van der Waals surface area contributed by atoms with Crippen molar-refractivity contribution in [1.29, 1.82) is 0 Å². The van der Waals surface area contributed by atoms with Gasteiger partial charge in [0.05, 0.1) is 5.41 Å². The Hall–Kier alpha value is -0.650. The molecule has 0 bridgehead atoms. The van der Waals surface area contributed by atoms with Crippen LogP contribution >= 0.6 is 0 Å². The van der Waals surface area contributed by atoms with Crippen molar-refractivity contribution in [3.63, 3.8) is 0 Å². The first-order valence-electron chi connectivity index (χ1n) is 6.78. The summed E-state index contributed by atoms with van der Waals surface area (Å²) in [5, 5.41) is 6.35. The number of rotatable bonds is 6. The first kappa shape index (κ1) is 15.4. The molecule has 1 rings (SSSR count). The minimum Gasteiger partial charge on any atom is -0.354 e. The zero-order chi connectivity index (χ0) is 13.6. The predicted octanol–water partition coefficient (Wildman–Crippen LogP) is -0.404. The van der Waals surface area contributed by atoms with Crippen LogP contribution in [-0.2, 0) is 4.79 Å². The van der Waals surface area contributed by atoms with Gasteiger partial charge in [-0.05, 0) is 27.9 Å². The van der Waals surface area contributed by atoms with Gasteiger partial charge in [-0.2, -0.15) is 0 Å². The lowest BCUT2D eigenvalue weighted by atomic mass is 9.91. The molecule has 1 heterocycles. The maximum atomic E-state index is 12.1. The van der Waals surface area contributed by atoms with Crippen molar-refractivity contribution in [1.82, 2.24) is 20.4 Å². The normalized spacial score (nSPS) is 18.1. The van der Waals surface area contributed by atoms with Gasteiger partial charge in [0.2, 0.25) is 5.91 Å². The standard InChI is InChI=1S/C13H28N4O/c1-13(2,11-17-9-5-14-6-10-17)12(18)15-7-8-16(3)4/h14H,5-11H2,1-4H3,(H,15,18). The van der Waals surface area contributed by atoms with Crippen LogP contribution in [0.5, 0.6) is 0 Å². The second kappa shape index (κ2) is 7.07. The van der Waals surface area contributed by atoms with Gasteiger partial charge in [0.25, 0.3) is 0 Å². The minimum atomic E-state index is -0.316. The van der Waals surface area contributed by atoms with Gasteiger partial charge < -0.3 is 15.5 Å². The lowest BCUT2D eigenvalue weighted by Crippen LogP contribution is -2.51. The van der Waals surface area contributed by atoms with Crippen molar-refractivity contribution in [3.05, 3.63) is 0 Å². The van der Waals surface area contributed by atoms with E-state index in [1.54, 1.807) is 0 Å². The number of amides is 1. The minimum absolute atomic E-state index is 0.155. The fourth-order valence-corrected chi connectivity index (χ4v) is 2.13. The Morgan fingerprint density at radius 1 is 1.33 bits per heavy atom. The van der Waals surface area contributed by atoms with Crippen LogP contribution in [0.15, 0.2) is 0 Å².